The number of benzene rings is 4. The molecule has 1 aliphatic heterocycles. The van der Waals surface area contributed by atoms with E-state index < -0.39 is 0 Å². The highest BCUT2D eigenvalue weighted by Crippen LogP contribution is 2.54. The lowest BCUT2D eigenvalue weighted by molar-refractivity contribution is 1.24. The maximum Gasteiger partial charge on any atom is 0.0606 e. The van der Waals surface area contributed by atoms with E-state index in [-0.39, 0.29) is 5.25 Å². The highest BCUT2D eigenvalue weighted by molar-refractivity contribution is 9.10. The monoisotopic (exact) mass is 558 g/mol. The van der Waals surface area contributed by atoms with Crippen molar-refractivity contribution >= 4 is 59.7 Å². The second-order valence-electron chi connectivity index (χ2n) is 7.62. The Labute approximate surface area is 210 Å². The Hall–Kier alpha value is -2.33. The minimum Gasteiger partial charge on any atom is -0.112 e. The Morgan fingerprint density at radius 1 is 0.531 bits per heavy atom. The topological polar surface area (TPSA) is 0 Å². The molecule has 0 aliphatic carbocycles. The molecular formula is C29H20Br2S. The third-order valence-corrected chi connectivity index (χ3v) is 7.95. The zero-order valence-electron chi connectivity index (χ0n) is 17.2. The van der Waals surface area contributed by atoms with Crippen LogP contribution in [0.4, 0.5) is 0 Å². The van der Waals surface area contributed by atoms with Gasteiger partial charge < -0.3 is 0 Å². The van der Waals surface area contributed by atoms with Crippen LogP contribution in [0.25, 0.3) is 16.1 Å². The molecule has 0 saturated heterocycles. The van der Waals surface area contributed by atoms with Crippen LogP contribution in [0.1, 0.15) is 27.5 Å². The van der Waals surface area contributed by atoms with Gasteiger partial charge in [0, 0.05) is 13.9 Å². The fraction of sp³-hybridized carbons (Fsp3) is 0.0345. The van der Waals surface area contributed by atoms with Gasteiger partial charge in [-0.25, -0.2) is 0 Å². The lowest BCUT2D eigenvalue weighted by Gasteiger charge is -2.29. The molecule has 0 N–H and O–H groups in total. The molecule has 5 rings (SSSR count). The van der Waals surface area contributed by atoms with Crippen molar-refractivity contribution < 1.29 is 0 Å². The summed E-state index contributed by atoms with van der Waals surface area (Å²) in [6, 6.07) is 38.9. The van der Waals surface area contributed by atoms with E-state index in [2.05, 4.69) is 147 Å². The van der Waals surface area contributed by atoms with Crippen LogP contribution in [0.15, 0.2) is 124 Å². The Bertz CT molecular complexity index is 1270. The predicted molar refractivity (Wildman–Crippen MR) is 146 cm³/mol. The van der Waals surface area contributed by atoms with Crippen molar-refractivity contribution in [2.45, 2.75) is 5.25 Å². The average Bonchev–Trinajstić information content (AvgIpc) is 2.85. The average molecular weight is 560 g/mol. The van der Waals surface area contributed by atoms with Crippen LogP contribution < -0.4 is 0 Å². The molecule has 0 saturated carbocycles. The molecule has 0 fully saturated rings. The van der Waals surface area contributed by atoms with Crippen molar-refractivity contribution in [1.82, 2.24) is 0 Å². The first-order valence-corrected chi connectivity index (χ1v) is 12.9. The molecule has 0 aromatic heterocycles. The maximum absolute atomic E-state index is 3.60. The smallest absolute Gasteiger partial charge is 0.0606 e. The van der Waals surface area contributed by atoms with E-state index in [0.29, 0.717) is 0 Å². The molecule has 1 aliphatic rings. The van der Waals surface area contributed by atoms with E-state index in [9.17, 15) is 0 Å². The van der Waals surface area contributed by atoms with E-state index >= 15 is 0 Å². The number of halogens is 2. The molecule has 0 amide bonds. The Morgan fingerprint density at radius 2 is 1.06 bits per heavy atom. The summed E-state index contributed by atoms with van der Waals surface area (Å²) in [5.41, 5.74) is 7.66. The van der Waals surface area contributed by atoms with E-state index in [1.807, 2.05) is 11.8 Å². The molecule has 0 bridgehead atoms. The van der Waals surface area contributed by atoms with Gasteiger partial charge in [-0.3, -0.25) is 0 Å². The van der Waals surface area contributed by atoms with Crippen molar-refractivity contribution in [3.8, 4) is 0 Å². The molecular weight excluding hydrogens is 540 g/mol. The van der Waals surface area contributed by atoms with E-state index in [0.717, 1.165) is 8.95 Å². The predicted octanol–water partition coefficient (Wildman–Crippen LogP) is 9.65. The maximum atomic E-state index is 3.60. The molecule has 3 heteroatoms. The minimum atomic E-state index is 0.191. The molecule has 4 aromatic carbocycles. The van der Waals surface area contributed by atoms with Gasteiger partial charge in [0.25, 0.3) is 0 Å². The van der Waals surface area contributed by atoms with Gasteiger partial charge in [0.1, 0.15) is 0 Å². The summed E-state index contributed by atoms with van der Waals surface area (Å²) < 4.78 is 2.19. The number of thioether (sulfide) groups is 1. The standard InChI is InChI=1S/C29H20Br2S/c30-24-15-11-21(12-16-24)27-19-26(20-7-3-1-4-8-20)28(22-13-17-25(31)18-14-22)29(32-27)23-9-5-2-6-10-23/h1-19,29H. The molecule has 1 atom stereocenters. The van der Waals surface area contributed by atoms with Crippen molar-refractivity contribution in [3.63, 3.8) is 0 Å². The lowest BCUT2D eigenvalue weighted by atomic mass is 9.88. The van der Waals surface area contributed by atoms with Gasteiger partial charge in [-0.05, 0) is 63.7 Å². The van der Waals surface area contributed by atoms with Crippen molar-refractivity contribution in [2.75, 3.05) is 0 Å². The van der Waals surface area contributed by atoms with E-state index in [4.69, 9.17) is 0 Å². The van der Waals surface area contributed by atoms with Gasteiger partial charge >= 0.3 is 0 Å². The number of rotatable bonds is 4. The third kappa shape index (κ3) is 4.56. The first kappa shape index (κ1) is 21.5. The van der Waals surface area contributed by atoms with Crippen LogP contribution in [0.2, 0.25) is 0 Å². The molecule has 4 aromatic rings. The molecule has 0 spiro atoms. The summed E-state index contributed by atoms with van der Waals surface area (Å²) in [6.07, 6.45) is 2.36. The summed E-state index contributed by atoms with van der Waals surface area (Å²) >= 11 is 9.10. The van der Waals surface area contributed by atoms with Gasteiger partial charge in [0.15, 0.2) is 0 Å². The first-order valence-electron chi connectivity index (χ1n) is 10.4. The number of allylic oxidation sites excluding steroid dienone is 2. The SMILES string of the molecule is Brc1ccc(C2=CC(c3ccccc3)=C(c3ccc(Br)cc3)C(c3ccccc3)S2)cc1. The first-order chi connectivity index (χ1) is 15.7. The normalized spacial score (nSPS) is 16.1. The largest absolute Gasteiger partial charge is 0.112 e. The Kier molecular flexibility index (Phi) is 6.49. The second kappa shape index (κ2) is 9.66. The van der Waals surface area contributed by atoms with E-state index in [1.165, 1.54) is 38.3 Å². The van der Waals surface area contributed by atoms with E-state index in [1.54, 1.807) is 0 Å². The van der Waals surface area contributed by atoms with Crippen LogP contribution in [0, 0.1) is 0 Å². The van der Waals surface area contributed by atoms with Gasteiger partial charge in [-0.2, -0.15) is 0 Å². The highest BCUT2D eigenvalue weighted by atomic mass is 79.9. The number of hydrogen-bond acceptors (Lipinski definition) is 1. The quantitative estimate of drug-likeness (QED) is 0.240. The lowest BCUT2D eigenvalue weighted by Crippen LogP contribution is -2.06. The summed E-state index contributed by atoms with van der Waals surface area (Å²) in [5, 5.41) is 0.191. The molecule has 0 radical (unpaired) electrons. The molecule has 32 heavy (non-hydrogen) atoms. The second-order valence-corrected chi connectivity index (χ2v) is 10.6. The summed E-state index contributed by atoms with van der Waals surface area (Å²) in [6.45, 7) is 0. The molecule has 156 valence electrons. The molecule has 1 unspecified atom stereocenters. The van der Waals surface area contributed by atoms with Gasteiger partial charge in [-0.15, -0.1) is 11.8 Å². The summed E-state index contributed by atoms with van der Waals surface area (Å²) in [5.74, 6) is 0. The molecule has 0 nitrogen and oxygen atoms in total. The van der Waals surface area contributed by atoms with Crippen LogP contribution in [0.5, 0.6) is 0 Å². The van der Waals surface area contributed by atoms with Crippen LogP contribution in [-0.2, 0) is 0 Å². The highest BCUT2D eigenvalue weighted by Gasteiger charge is 2.28. The number of hydrogen-bond donors (Lipinski definition) is 0. The zero-order chi connectivity index (χ0) is 21.9. The Balaban J connectivity index is 1.77. The third-order valence-electron chi connectivity index (χ3n) is 5.54. The summed E-state index contributed by atoms with van der Waals surface area (Å²) in [7, 11) is 0. The zero-order valence-corrected chi connectivity index (χ0v) is 21.2. The van der Waals surface area contributed by atoms with Crippen molar-refractivity contribution in [3.05, 3.63) is 146 Å². The molecule has 1 heterocycles. The van der Waals surface area contributed by atoms with Gasteiger partial charge in [0.2, 0.25) is 0 Å². The minimum absolute atomic E-state index is 0.191. The fourth-order valence-corrected chi connectivity index (χ4v) is 5.91. The van der Waals surface area contributed by atoms with Crippen LogP contribution in [-0.4, -0.2) is 0 Å². The van der Waals surface area contributed by atoms with Crippen molar-refractivity contribution in [1.29, 1.82) is 0 Å². The fourth-order valence-electron chi connectivity index (χ4n) is 3.99. The van der Waals surface area contributed by atoms with Gasteiger partial charge in [0.05, 0.1) is 5.25 Å². The van der Waals surface area contributed by atoms with Crippen LogP contribution >= 0.6 is 43.6 Å². The summed E-state index contributed by atoms with van der Waals surface area (Å²) in [4.78, 5) is 1.28. The van der Waals surface area contributed by atoms with Crippen LogP contribution in [0.3, 0.4) is 0 Å². The van der Waals surface area contributed by atoms with Crippen molar-refractivity contribution in [2.24, 2.45) is 0 Å². The Morgan fingerprint density at radius 3 is 1.66 bits per heavy atom. The van der Waals surface area contributed by atoms with Gasteiger partial charge in [-0.1, -0.05) is 117 Å².